The second kappa shape index (κ2) is 7.56. The molecule has 1 atom stereocenters. The van der Waals surface area contributed by atoms with Crippen LogP contribution in [0.1, 0.15) is 39.7 Å². The number of esters is 1. The number of anilines is 1. The summed E-state index contributed by atoms with van der Waals surface area (Å²) >= 11 is 0. The first kappa shape index (κ1) is 18.8. The van der Waals surface area contributed by atoms with E-state index in [2.05, 4.69) is 54.8 Å². The number of benzene rings is 1. The van der Waals surface area contributed by atoms with Gasteiger partial charge >= 0.3 is 5.97 Å². The molecule has 0 N–H and O–H groups in total. The van der Waals surface area contributed by atoms with Gasteiger partial charge in [-0.25, -0.2) is 0 Å². The lowest BCUT2D eigenvalue weighted by molar-refractivity contribution is -0.142. The molecular formula is C20H32N2O2. The Morgan fingerprint density at radius 1 is 1.12 bits per heavy atom. The number of nitrogens with zero attached hydrogens (tertiary/aromatic N) is 2. The maximum atomic E-state index is 11.5. The Labute approximate surface area is 146 Å². The number of hydrogen-bond acceptors (Lipinski definition) is 4. The standard InChI is InChI=1S/C19H28N2O2.CH4/c1-15-4-6-16(7-5-15)21-12-10-20(11-13-21)9-8-17-19(2,3)14-18(22)23-17;/h4-7,17H,8-14H2,1-3H3;1H4. The van der Waals surface area contributed by atoms with Crippen molar-refractivity contribution >= 4 is 11.7 Å². The van der Waals surface area contributed by atoms with E-state index in [1.165, 1.54) is 11.3 Å². The average molecular weight is 332 g/mol. The Kier molecular flexibility index (Phi) is 5.92. The predicted molar refractivity (Wildman–Crippen MR) is 99.5 cm³/mol. The second-order valence-corrected chi connectivity index (χ2v) is 7.60. The first-order valence-corrected chi connectivity index (χ1v) is 8.67. The van der Waals surface area contributed by atoms with Crippen molar-refractivity contribution in [2.45, 2.75) is 47.1 Å². The Morgan fingerprint density at radius 2 is 1.75 bits per heavy atom. The normalized spacial score (nSPS) is 23.7. The summed E-state index contributed by atoms with van der Waals surface area (Å²) in [6.07, 6.45) is 1.58. The first-order chi connectivity index (χ1) is 10.9. The van der Waals surface area contributed by atoms with Crippen LogP contribution < -0.4 is 4.90 Å². The molecule has 4 heteroatoms. The largest absolute Gasteiger partial charge is 0.462 e. The molecule has 0 aliphatic carbocycles. The zero-order chi connectivity index (χ0) is 16.4. The number of carbonyl (C=O) groups excluding carboxylic acids is 1. The molecule has 134 valence electrons. The van der Waals surface area contributed by atoms with Crippen LogP contribution in [0.15, 0.2) is 24.3 Å². The molecular weight excluding hydrogens is 300 g/mol. The van der Waals surface area contributed by atoms with Gasteiger partial charge in [0.05, 0.1) is 6.42 Å². The van der Waals surface area contributed by atoms with Gasteiger partial charge in [0, 0.05) is 43.8 Å². The molecule has 2 saturated heterocycles. The molecule has 0 spiro atoms. The van der Waals surface area contributed by atoms with Gasteiger partial charge in [-0.1, -0.05) is 39.0 Å². The van der Waals surface area contributed by atoms with Crippen LogP contribution in [-0.2, 0) is 9.53 Å². The third-order valence-electron chi connectivity index (χ3n) is 5.22. The highest BCUT2D eigenvalue weighted by atomic mass is 16.6. The number of ether oxygens (including phenoxy) is 1. The smallest absolute Gasteiger partial charge is 0.306 e. The summed E-state index contributed by atoms with van der Waals surface area (Å²) in [5.74, 6) is -0.0378. The van der Waals surface area contributed by atoms with Crippen LogP contribution in [0, 0.1) is 12.3 Å². The van der Waals surface area contributed by atoms with Gasteiger partial charge in [0.15, 0.2) is 0 Å². The summed E-state index contributed by atoms with van der Waals surface area (Å²) < 4.78 is 5.49. The Hall–Kier alpha value is -1.55. The Balaban J connectivity index is 0.00000208. The van der Waals surface area contributed by atoms with Gasteiger partial charge in [-0.15, -0.1) is 0 Å². The second-order valence-electron chi connectivity index (χ2n) is 7.60. The highest BCUT2D eigenvalue weighted by Gasteiger charge is 2.41. The van der Waals surface area contributed by atoms with Crippen LogP contribution in [0.5, 0.6) is 0 Å². The lowest BCUT2D eigenvalue weighted by atomic mass is 9.84. The predicted octanol–water partition coefficient (Wildman–Crippen LogP) is 3.48. The summed E-state index contributed by atoms with van der Waals surface area (Å²) in [4.78, 5) is 16.4. The average Bonchev–Trinajstić information content (AvgIpc) is 2.78. The van der Waals surface area contributed by atoms with Crippen molar-refractivity contribution in [2.24, 2.45) is 5.41 Å². The van der Waals surface area contributed by atoms with E-state index >= 15 is 0 Å². The van der Waals surface area contributed by atoms with Crippen LogP contribution in [0.3, 0.4) is 0 Å². The number of hydrogen-bond donors (Lipinski definition) is 0. The van der Waals surface area contributed by atoms with E-state index < -0.39 is 0 Å². The van der Waals surface area contributed by atoms with Crippen molar-refractivity contribution in [1.82, 2.24) is 4.90 Å². The van der Waals surface area contributed by atoms with Crippen molar-refractivity contribution in [1.29, 1.82) is 0 Å². The molecule has 2 aliphatic heterocycles. The summed E-state index contributed by atoms with van der Waals surface area (Å²) in [5.41, 5.74) is 2.61. The van der Waals surface area contributed by atoms with Gasteiger partial charge in [-0.05, 0) is 25.5 Å². The summed E-state index contributed by atoms with van der Waals surface area (Å²) in [6.45, 7) is 11.7. The third kappa shape index (κ3) is 4.29. The van der Waals surface area contributed by atoms with Gasteiger partial charge in [0.1, 0.15) is 6.10 Å². The molecule has 2 heterocycles. The molecule has 2 aliphatic rings. The van der Waals surface area contributed by atoms with Gasteiger partial charge in [-0.3, -0.25) is 9.69 Å². The van der Waals surface area contributed by atoms with E-state index in [1.54, 1.807) is 0 Å². The van der Waals surface area contributed by atoms with E-state index in [-0.39, 0.29) is 24.9 Å². The van der Waals surface area contributed by atoms with Crippen molar-refractivity contribution < 1.29 is 9.53 Å². The highest BCUT2D eigenvalue weighted by molar-refractivity contribution is 5.72. The van der Waals surface area contributed by atoms with Crippen molar-refractivity contribution in [3.05, 3.63) is 29.8 Å². The zero-order valence-electron chi connectivity index (χ0n) is 14.5. The number of carbonyl (C=O) groups is 1. The molecule has 4 nitrogen and oxygen atoms in total. The van der Waals surface area contributed by atoms with Gasteiger partial charge in [-0.2, -0.15) is 0 Å². The quantitative estimate of drug-likeness (QED) is 0.790. The maximum Gasteiger partial charge on any atom is 0.306 e. The van der Waals surface area contributed by atoms with Crippen molar-refractivity contribution in [3.8, 4) is 0 Å². The molecule has 1 aromatic rings. The minimum Gasteiger partial charge on any atom is -0.462 e. The van der Waals surface area contributed by atoms with E-state index in [1.807, 2.05) is 0 Å². The number of cyclic esters (lactones) is 1. The summed E-state index contributed by atoms with van der Waals surface area (Å²) in [7, 11) is 0. The topological polar surface area (TPSA) is 32.8 Å². The fourth-order valence-corrected chi connectivity index (χ4v) is 3.58. The number of rotatable bonds is 4. The molecule has 3 rings (SSSR count). The molecule has 2 fully saturated rings. The Morgan fingerprint density at radius 3 is 2.29 bits per heavy atom. The van der Waals surface area contributed by atoms with Crippen LogP contribution >= 0.6 is 0 Å². The molecule has 0 radical (unpaired) electrons. The molecule has 0 saturated carbocycles. The number of aryl methyl sites for hydroxylation is 1. The summed E-state index contributed by atoms with van der Waals surface area (Å²) in [6, 6.07) is 8.79. The molecule has 0 aromatic heterocycles. The SMILES string of the molecule is C.Cc1ccc(N2CCN(CCC3OC(=O)CC3(C)C)CC2)cc1. The Bertz CT molecular complexity index is 545. The highest BCUT2D eigenvalue weighted by Crippen LogP contribution is 2.36. The zero-order valence-corrected chi connectivity index (χ0v) is 14.5. The minimum absolute atomic E-state index is 0. The number of piperazine rings is 1. The minimum atomic E-state index is -0.0378. The van der Waals surface area contributed by atoms with Crippen LogP contribution in [0.25, 0.3) is 0 Å². The van der Waals surface area contributed by atoms with Crippen molar-refractivity contribution in [3.63, 3.8) is 0 Å². The third-order valence-corrected chi connectivity index (χ3v) is 5.22. The van der Waals surface area contributed by atoms with Crippen molar-refractivity contribution in [2.75, 3.05) is 37.6 Å². The lowest BCUT2D eigenvalue weighted by Gasteiger charge is -2.37. The lowest BCUT2D eigenvalue weighted by Crippen LogP contribution is -2.47. The maximum absolute atomic E-state index is 11.5. The van der Waals surface area contributed by atoms with Crippen LogP contribution in [0.4, 0.5) is 5.69 Å². The van der Waals surface area contributed by atoms with Crippen LogP contribution in [-0.4, -0.2) is 49.7 Å². The molecule has 1 aromatic carbocycles. The fourth-order valence-electron chi connectivity index (χ4n) is 3.58. The van der Waals surface area contributed by atoms with E-state index in [4.69, 9.17) is 4.74 Å². The van der Waals surface area contributed by atoms with Gasteiger partial charge in [0.25, 0.3) is 0 Å². The van der Waals surface area contributed by atoms with Crippen LogP contribution in [0.2, 0.25) is 0 Å². The van der Waals surface area contributed by atoms with E-state index in [0.717, 1.165) is 39.1 Å². The van der Waals surface area contributed by atoms with E-state index in [0.29, 0.717) is 6.42 Å². The van der Waals surface area contributed by atoms with E-state index in [9.17, 15) is 4.79 Å². The summed E-state index contributed by atoms with van der Waals surface area (Å²) in [5, 5.41) is 0. The molecule has 0 amide bonds. The molecule has 24 heavy (non-hydrogen) atoms. The monoisotopic (exact) mass is 332 g/mol. The van der Waals surface area contributed by atoms with Gasteiger partial charge in [0.2, 0.25) is 0 Å². The molecule has 0 bridgehead atoms. The molecule has 1 unspecified atom stereocenters. The fraction of sp³-hybridized carbons (Fsp3) is 0.650. The first-order valence-electron chi connectivity index (χ1n) is 8.67. The van der Waals surface area contributed by atoms with Gasteiger partial charge < -0.3 is 9.64 Å².